The number of ketones is 1. The van der Waals surface area contributed by atoms with Gasteiger partial charge in [0.1, 0.15) is 0 Å². The molecule has 0 saturated carbocycles. The quantitative estimate of drug-likeness (QED) is 0.319. The predicted octanol–water partition coefficient (Wildman–Crippen LogP) is 0.488. The summed E-state index contributed by atoms with van der Waals surface area (Å²) in [6.07, 6.45) is 0.905. The average molecular weight is 536 g/mol. The van der Waals surface area contributed by atoms with Crippen molar-refractivity contribution in [1.29, 1.82) is 0 Å². The van der Waals surface area contributed by atoms with Crippen molar-refractivity contribution < 1.29 is 70.5 Å². The second-order valence-electron chi connectivity index (χ2n) is 6.54. The predicted molar refractivity (Wildman–Crippen MR) is 108 cm³/mol. The first-order chi connectivity index (χ1) is 14.5. The molecule has 0 spiro atoms. The summed E-state index contributed by atoms with van der Waals surface area (Å²) >= 11 is 0. The molecule has 0 fully saturated rings. The Morgan fingerprint density at radius 1 is 1.09 bits per heavy atom. The van der Waals surface area contributed by atoms with Crippen molar-refractivity contribution in [1.82, 2.24) is 10.0 Å². The van der Waals surface area contributed by atoms with Gasteiger partial charge in [0.05, 0.1) is 18.7 Å². The van der Waals surface area contributed by atoms with Gasteiger partial charge < -0.3 is 20.3 Å². The number of aliphatic carboxylic acids is 1. The second kappa shape index (κ2) is 12.0. The van der Waals surface area contributed by atoms with Gasteiger partial charge in [0.15, 0.2) is 5.78 Å². The van der Waals surface area contributed by atoms with E-state index >= 15 is 0 Å². The third-order valence-electron chi connectivity index (χ3n) is 4.25. The molecule has 12 heteroatoms. The van der Waals surface area contributed by atoms with Gasteiger partial charge in [-0.2, -0.15) is 0 Å². The summed E-state index contributed by atoms with van der Waals surface area (Å²) in [5.74, 6) is -2.75. The average Bonchev–Trinajstić information content (AvgIpc) is 2.72. The maximum Gasteiger partial charge on any atom is 0.305 e. The Hall–Kier alpha value is -2.47. The SMILES string of the molecule is CC(=O)[C@H](CC(=O)O)NC(=O)c1ccc(CNS(=O)(=O)c2ccc(O)c([C-]=O)c2)cc1.[Y]. The Balaban J connectivity index is 0.00000512. The number of aromatic hydroxyl groups is 1. The largest absolute Gasteiger partial charge is 0.565 e. The van der Waals surface area contributed by atoms with Gasteiger partial charge >= 0.3 is 5.97 Å². The van der Waals surface area contributed by atoms with E-state index in [0.29, 0.717) is 5.56 Å². The molecule has 0 bridgehead atoms. The number of rotatable bonds is 10. The molecule has 0 aliphatic rings. The van der Waals surface area contributed by atoms with E-state index in [1.54, 1.807) is 0 Å². The Morgan fingerprint density at radius 3 is 2.25 bits per heavy atom. The van der Waals surface area contributed by atoms with Crippen LogP contribution in [0.1, 0.15) is 34.8 Å². The number of Topliss-reactive ketones (excluding diaryl/α,β-unsaturated/α-hetero) is 1. The topological polar surface area (TPSA) is 167 Å². The van der Waals surface area contributed by atoms with E-state index in [-0.39, 0.29) is 55.3 Å². The van der Waals surface area contributed by atoms with E-state index in [0.717, 1.165) is 18.2 Å². The summed E-state index contributed by atoms with van der Waals surface area (Å²) in [4.78, 5) is 45.0. The van der Waals surface area contributed by atoms with Crippen LogP contribution in [0.4, 0.5) is 0 Å². The van der Waals surface area contributed by atoms with Gasteiger partial charge in [-0.1, -0.05) is 24.3 Å². The van der Waals surface area contributed by atoms with E-state index in [9.17, 15) is 32.7 Å². The van der Waals surface area contributed by atoms with Gasteiger partial charge in [-0.15, -0.1) is 11.6 Å². The molecule has 2 rings (SSSR count). The van der Waals surface area contributed by atoms with Crippen molar-refractivity contribution in [2.24, 2.45) is 0 Å². The van der Waals surface area contributed by atoms with E-state index in [1.807, 2.05) is 0 Å². The molecular weight excluding hydrogens is 517 g/mol. The van der Waals surface area contributed by atoms with Crippen molar-refractivity contribution in [2.45, 2.75) is 30.8 Å². The maximum absolute atomic E-state index is 12.4. The van der Waals surface area contributed by atoms with Crippen molar-refractivity contribution in [3.05, 3.63) is 59.2 Å². The summed E-state index contributed by atoms with van der Waals surface area (Å²) in [6, 6.07) is 7.80. The zero-order chi connectivity index (χ0) is 23.2. The molecular formula is C20H19N2O8SY-. The van der Waals surface area contributed by atoms with Crippen LogP contribution in [0.25, 0.3) is 0 Å². The number of sulfonamides is 1. The van der Waals surface area contributed by atoms with Crippen molar-refractivity contribution in [3.63, 3.8) is 0 Å². The summed E-state index contributed by atoms with van der Waals surface area (Å²) in [5.41, 5.74) is 0.382. The number of carboxylic acids is 1. The van der Waals surface area contributed by atoms with Gasteiger partial charge in [-0.25, -0.2) is 13.1 Å². The summed E-state index contributed by atoms with van der Waals surface area (Å²) in [5, 5.41) is 20.6. The first-order valence-corrected chi connectivity index (χ1v) is 10.3. The third kappa shape index (κ3) is 7.59. The number of hydrogen-bond acceptors (Lipinski definition) is 7. The van der Waals surface area contributed by atoms with Gasteiger partial charge in [-0.3, -0.25) is 14.4 Å². The number of nitrogens with one attached hydrogen (secondary N) is 2. The zero-order valence-electron chi connectivity index (χ0n) is 16.9. The second-order valence-corrected chi connectivity index (χ2v) is 8.30. The standard InChI is InChI=1S/C20H19N2O8S.Y/c1-12(24)17(9-19(26)27)22-20(28)14-4-2-13(3-5-14)10-21-31(29,30)16-6-7-18(25)15(8-16)11-23;/h2-8,17,21,25H,9-10H2,1H3,(H,22,28)(H,26,27);/q-1;/t17-;/m0./s1. The first kappa shape index (κ1) is 27.6. The van der Waals surface area contributed by atoms with Crippen LogP contribution in [0.2, 0.25) is 0 Å². The van der Waals surface area contributed by atoms with Crippen molar-refractivity contribution >= 4 is 34.0 Å². The number of phenolic OH excluding ortho intramolecular Hbond substituents is 1. The van der Waals surface area contributed by atoms with E-state index < -0.39 is 45.9 Å². The van der Waals surface area contributed by atoms with Gasteiger partial charge in [-0.05, 0) is 24.6 Å². The van der Waals surface area contributed by atoms with Crippen LogP contribution in [0.5, 0.6) is 5.75 Å². The Kier molecular flexibility index (Phi) is 10.3. The summed E-state index contributed by atoms with van der Waals surface area (Å²) in [7, 11) is -3.98. The fourth-order valence-corrected chi connectivity index (χ4v) is 3.56. The number of hydrogen-bond donors (Lipinski definition) is 4. The molecule has 1 amide bonds. The van der Waals surface area contributed by atoms with Gasteiger partial charge in [0.25, 0.3) is 5.91 Å². The smallest absolute Gasteiger partial charge is 0.305 e. The fraction of sp³-hybridized carbons (Fsp3) is 0.200. The third-order valence-corrected chi connectivity index (χ3v) is 5.64. The number of carbonyl (C=O) groups excluding carboxylic acids is 3. The zero-order valence-corrected chi connectivity index (χ0v) is 20.5. The van der Waals surface area contributed by atoms with Crippen LogP contribution in [0.15, 0.2) is 47.4 Å². The molecule has 0 heterocycles. The Bertz CT molecular complexity index is 1120. The maximum atomic E-state index is 12.4. The van der Waals surface area contributed by atoms with Crippen LogP contribution in [0, 0.1) is 0 Å². The summed E-state index contributed by atoms with van der Waals surface area (Å²) < 4.78 is 27.1. The van der Waals surface area contributed by atoms with E-state index in [4.69, 9.17) is 5.11 Å². The van der Waals surface area contributed by atoms with Crippen LogP contribution in [-0.2, 0) is 63.7 Å². The van der Waals surface area contributed by atoms with Gasteiger partial charge in [0, 0.05) is 55.5 Å². The van der Waals surface area contributed by atoms with Crippen LogP contribution >= 0.6 is 0 Å². The van der Waals surface area contributed by atoms with Gasteiger partial charge in [0.2, 0.25) is 10.0 Å². The minimum absolute atomic E-state index is 0. The number of benzene rings is 2. The molecule has 1 radical (unpaired) electrons. The molecule has 1 atom stereocenters. The Morgan fingerprint density at radius 2 is 1.72 bits per heavy atom. The normalized spacial score (nSPS) is 11.7. The molecule has 0 aliphatic carbocycles. The van der Waals surface area contributed by atoms with E-state index in [2.05, 4.69) is 10.0 Å². The molecule has 0 unspecified atom stereocenters. The molecule has 0 aliphatic heterocycles. The van der Waals surface area contributed by atoms with Crippen molar-refractivity contribution in [2.75, 3.05) is 0 Å². The monoisotopic (exact) mass is 536 g/mol. The van der Waals surface area contributed by atoms with Crippen LogP contribution in [0.3, 0.4) is 0 Å². The fourth-order valence-electron chi connectivity index (χ4n) is 2.51. The number of carboxylic acid groups (broad SMARTS) is 1. The molecule has 10 nitrogen and oxygen atoms in total. The van der Waals surface area contributed by atoms with Crippen LogP contribution < -0.4 is 10.0 Å². The van der Waals surface area contributed by atoms with Crippen molar-refractivity contribution in [3.8, 4) is 5.75 Å². The molecule has 0 saturated heterocycles. The minimum Gasteiger partial charge on any atom is -0.565 e. The summed E-state index contributed by atoms with van der Waals surface area (Å²) in [6.45, 7) is 1.05. The minimum atomic E-state index is -3.98. The molecule has 2 aromatic carbocycles. The molecule has 0 aromatic heterocycles. The number of amides is 1. The van der Waals surface area contributed by atoms with Crippen LogP contribution in [-0.4, -0.2) is 48.6 Å². The molecule has 4 N–H and O–H groups in total. The number of carbonyl (C=O) groups is 3. The number of phenols is 1. The molecule has 2 aromatic rings. The molecule has 32 heavy (non-hydrogen) atoms. The first-order valence-electron chi connectivity index (χ1n) is 8.86. The van der Waals surface area contributed by atoms with E-state index in [1.165, 1.54) is 37.5 Å². The molecule has 167 valence electrons. The Labute approximate surface area is 209 Å².